The van der Waals surface area contributed by atoms with Gasteiger partial charge in [-0.3, -0.25) is 4.68 Å². The quantitative estimate of drug-likeness (QED) is 0.880. The molecule has 0 atom stereocenters. The van der Waals surface area contributed by atoms with Crippen molar-refractivity contribution in [3.63, 3.8) is 0 Å². The maximum atomic E-state index is 5.03. The van der Waals surface area contributed by atoms with Crippen molar-refractivity contribution in [3.05, 3.63) is 35.0 Å². The summed E-state index contributed by atoms with van der Waals surface area (Å²) in [6, 6.07) is 1.94. The minimum Gasteiger partial charge on any atom is -0.361 e. The number of hydrogen-bond acceptors (Lipinski definition) is 4. The van der Waals surface area contributed by atoms with E-state index >= 15 is 0 Å². The molecule has 0 radical (unpaired) electrons. The fourth-order valence-electron chi connectivity index (χ4n) is 2.00. The summed E-state index contributed by atoms with van der Waals surface area (Å²) in [5.74, 6) is 1.29. The zero-order valence-electron chi connectivity index (χ0n) is 11.4. The molecule has 5 nitrogen and oxygen atoms in total. The largest absolute Gasteiger partial charge is 0.361 e. The van der Waals surface area contributed by atoms with E-state index in [1.807, 2.05) is 24.7 Å². The standard InChI is InChI=1S/C13H20N4O/c1-9(2)13-11(8-17(4)15-13)6-14-7-12-5-10(3)18-16-12/h5,8-9,14H,6-7H2,1-4H3. The minimum atomic E-state index is 0.442. The van der Waals surface area contributed by atoms with Crippen LogP contribution in [0.3, 0.4) is 0 Å². The van der Waals surface area contributed by atoms with Crippen LogP contribution in [0.4, 0.5) is 0 Å². The number of aromatic nitrogens is 3. The van der Waals surface area contributed by atoms with Gasteiger partial charge in [0.05, 0.1) is 11.4 Å². The molecule has 0 aliphatic heterocycles. The van der Waals surface area contributed by atoms with Crippen LogP contribution in [0.2, 0.25) is 0 Å². The third-order valence-electron chi connectivity index (χ3n) is 2.78. The summed E-state index contributed by atoms with van der Waals surface area (Å²) in [4.78, 5) is 0. The Bertz CT molecular complexity index is 513. The van der Waals surface area contributed by atoms with Crippen LogP contribution in [0.15, 0.2) is 16.8 Å². The molecule has 0 bridgehead atoms. The molecule has 98 valence electrons. The maximum Gasteiger partial charge on any atom is 0.133 e. The van der Waals surface area contributed by atoms with Crippen LogP contribution in [0, 0.1) is 6.92 Å². The molecule has 0 aliphatic carbocycles. The summed E-state index contributed by atoms with van der Waals surface area (Å²) in [6.07, 6.45) is 2.07. The second kappa shape index (κ2) is 5.35. The first kappa shape index (κ1) is 12.8. The number of nitrogens with zero attached hydrogens (tertiary/aromatic N) is 3. The molecule has 0 aliphatic rings. The van der Waals surface area contributed by atoms with Gasteiger partial charge in [0, 0.05) is 38.0 Å². The molecule has 2 rings (SSSR count). The number of rotatable bonds is 5. The fraction of sp³-hybridized carbons (Fsp3) is 0.538. The number of hydrogen-bond donors (Lipinski definition) is 1. The van der Waals surface area contributed by atoms with E-state index in [-0.39, 0.29) is 0 Å². The van der Waals surface area contributed by atoms with E-state index in [2.05, 4.69) is 35.6 Å². The molecule has 1 N–H and O–H groups in total. The molecule has 18 heavy (non-hydrogen) atoms. The van der Waals surface area contributed by atoms with Gasteiger partial charge >= 0.3 is 0 Å². The second-order valence-electron chi connectivity index (χ2n) is 4.90. The zero-order chi connectivity index (χ0) is 13.1. The Morgan fingerprint density at radius 1 is 1.39 bits per heavy atom. The summed E-state index contributed by atoms with van der Waals surface area (Å²) in [5.41, 5.74) is 3.33. The lowest BCUT2D eigenvalue weighted by molar-refractivity contribution is 0.388. The Hall–Kier alpha value is -1.62. The molecular formula is C13H20N4O. The third kappa shape index (κ3) is 2.98. The number of nitrogens with one attached hydrogen (secondary N) is 1. The van der Waals surface area contributed by atoms with Crippen molar-refractivity contribution >= 4 is 0 Å². The topological polar surface area (TPSA) is 55.9 Å². The van der Waals surface area contributed by atoms with Gasteiger partial charge in [-0.05, 0) is 12.8 Å². The molecule has 0 saturated heterocycles. The van der Waals surface area contributed by atoms with E-state index in [9.17, 15) is 0 Å². The summed E-state index contributed by atoms with van der Waals surface area (Å²) in [5, 5.41) is 11.8. The van der Waals surface area contributed by atoms with E-state index in [0.717, 1.165) is 23.7 Å². The highest BCUT2D eigenvalue weighted by Gasteiger charge is 2.11. The Morgan fingerprint density at radius 3 is 2.78 bits per heavy atom. The van der Waals surface area contributed by atoms with E-state index in [1.165, 1.54) is 5.56 Å². The van der Waals surface area contributed by atoms with Crippen LogP contribution in [-0.4, -0.2) is 14.9 Å². The molecule has 0 spiro atoms. The van der Waals surface area contributed by atoms with Gasteiger partial charge in [0.2, 0.25) is 0 Å². The van der Waals surface area contributed by atoms with Crippen molar-refractivity contribution in [2.24, 2.45) is 7.05 Å². The van der Waals surface area contributed by atoms with Crippen LogP contribution in [0.1, 0.15) is 42.5 Å². The van der Waals surface area contributed by atoms with E-state index in [0.29, 0.717) is 12.5 Å². The van der Waals surface area contributed by atoms with Gasteiger partial charge in [-0.15, -0.1) is 0 Å². The molecule has 5 heteroatoms. The summed E-state index contributed by atoms with van der Waals surface area (Å²) in [6.45, 7) is 7.73. The van der Waals surface area contributed by atoms with Crippen LogP contribution in [0.25, 0.3) is 0 Å². The predicted molar refractivity (Wildman–Crippen MR) is 69.1 cm³/mol. The average molecular weight is 248 g/mol. The summed E-state index contributed by atoms with van der Waals surface area (Å²) < 4.78 is 6.89. The predicted octanol–water partition coefficient (Wildman–Crippen LogP) is 2.13. The molecule has 0 fully saturated rings. The molecule has 0 saturated carbocycles. The summed E-state index contributed by atoms with van der Waals surface area (Å²) in [7, 11) is 1.95. The normalized spacial score (nSPS) is 11.4. The molecule has 2 aromatic heterocycles. The minimum absolute atomic E-state index is 0.442. The Kier molecular flexibility index (Phi) is 3.81. The van der Waals surface area contributed by atoms with Crippen molar-refractivity contribution in [3.8, 4) is 0 Å². The third-order valence-corrected chi connectivity index (χ3v) is 2.78. The van der Waals surface area contributed by atoms with Gasteiger partial charge in [-0.2, -0.15) is 5.10 Å². The van der Waals surface area contributed by atoms with Crippen molar-refractivity contribution < 1.29 is 4.52 Å². The first-order valence-electron chi connectivity index (χ1n) is 6.21. The highest BCUT2D eigenvalue weighted by atomic mass is 16.5. The zero-order valence-corrected chi connectivity index (χ0v) is 11.4. The van der Waals surface area contributed by atoms with Crippen LogP contribution in [-0.2, 0) is 20.1 Å². The van der Waals surface area contributed by atoms with Gasteiger partial charge < -0.3 is 9.84 Å². The van der Waals surface area contributed by atoms with Gasteiger partial charge in [0.15, 0.2) is 0 Å². The van der Waals surface area contributed by atoms with Gasteiger partial charge in [-0.25, -0.2) is 0 Å². The highest BCUT2D eigenvalue weighted by molar-refractivity contribution is 5.20. The lowest BCUT2D eigenvalue weighted by Gasteiger charge is -2.05. The fourth-order valence-corrected chi connectivity index (χ4v) is 2.00. The Balaban J connectivity index is 1.94. The monoisotopic (exact) mass is 248 g/mol. The smallest absolute Gasteiger partial charge is 0.133 e. The molecular weight excluding hydrogens is 228 g/mol. The number of aryl methyl sites for hydroxylation is 2. The van der Waals surface area contributed by atoms with Gasteiger partial charge in [0.1, 0.15) is 5.76 Å². The van der Waals surface area contributed by atoms with Crippen LogP contribution < -0.4 is 5.32 Å². The average Bonchev–Trinajstić information content (AvgIpc) is 2.85. The van der Waals surface area contributed by atoms with E-state index < -0.39 is 0 Å². The molecule has 0 aromatic carbocycles. The molecule has 0 unspecified atom stereocenters. The highest BCUT2D eigenvalue weighted by Crippen LogP contribution is 2.17. The van der Waals surface area contributed by atoms with Crippen molar-refractivity contribution in [2.45, 2.75) is 39.8 Å². The molecule has 0 amide bonds. The van der Waals surface area contributed by atoms with E-state index in [4.69, 9.17) is 4.52 Å². The Morgan fingerprint density at radius 2 is 2.17 bits per heavy atom. The Labute approximate surface area is 107 Å². The molecule has 2 heterocycles. The molecule has 2 aromatic rings. The van der Waals surface area contributed by atoms with Crippen molar-refractivity contribution in [1.29, 1.82) is 0 Å². The summed E-state index contributed by atoms with van der Waals surface area (Å²) >= 11 is 0. The lowest BCUT2D eigenvalue weighted by atomic mass is 10.1. The lowest BCUT2D eigenvalue weighted by Crippen LogP contribution is -2.13. The van der Waals surface area contributed by atoms with Gasteiger partial charge in [-0.1, -0.05) is 19.0 Å². The second-order valence-corrected chi connectivity index (χ2v) is 4.90. The van der Waals surface area contributed by atoms with Crippen molar-refractivity contribution in [1.82, 2.24) is 20.3 Å². The SMILES string of the molecule is Cc1cc(CNCc2cn(C)nc2C(C)C)no1. The first-order valence-corrected chi connectivity index (χ1v) is 6.21. The first-order chi connectivity index (χ1) is 8.56. The maximum absolute atomic E-state index is 5.03. The van der Waals surface area contributed by atoms with Gasteiger partial charge in [0.25, 0.3) is 0 Å². The van der Waals surface area contributed by atoms with Crippen LogP contribution >= 0.6 is 0 Å². The van der Waals surface area contributed by atoms with E-state index in [1.54, 1.807) is 0 Å². The van der Waals surface area contributed by atoms with Crippen molar-refractivity contribution in [2.75, 3.05) is 0 Å². The van der Waals surface area contributed by atoms with Crippen LogP contribution in [0.5, 0.6) is 0 Å².